The van der Waals surface area contributed by atoms with E-state index in [4.69, 9.17) is 11.6 Å². The molecule has 0 fully saturated rings. The Bertz CT molecular complexity index is 1130. The lowest BCUT2D eigenvalue weighted by molar-refractivity contribution is -0.139. The molecular weight excluding hydrogens is 544 g/mol. The number of benzene rings is 3. The average Bonchev–Trinajstić information content (AvgIpc) is 2.82. The first-order valence-corrected chi connectivity index (χ1v) is 13.9. The van der Waals surface area contributed by atoms with Gasteiger partial charge in [-0.25, -0.2) is 0 Å². The zero-order chi connectivity index (χ0) is 25.2. The zero-order valence-electron chi connectivity index (χ0n) is 19.9. The van der Waals surface area contributed by atoms with Crippen LogP contribution in [-0.2, 0) is 28.3 Å². The Labute approximate surface area is 225 Å². The highest BCUT2D eigenvalue weighted by atomic mass is 79.9. The van der Waals surface area contributed by atoms with Gasteiger partial charge in [0.1, 0.15) is 6.04 Å². The number of halogens is 2. The van der Waals surface area contributed by atoms with Gasteiger partial charge in [-0.05, 0) is 48.7 Å². The molecule has 184 valence electrons. The summed E-state index contributed by atoms with van der Waals surface area (Å²) in [5.74, 6) is 0.641. The first-order chi connectivity index (χ1) is 16.8. The van der Waals surface area contributed by atoms with Crippen molar-refractivity contribution >= 4 is 51.1 Å². The highest BCUT2D eigenvalue weighted by Crippen LogP contribution is 2.23. The molecule has 3 rings (SSSR count). The second kappa shape index (κ2) is 13.7. The molecule has 4 nitrogen and oxygen atoms in total. The normalized spacial score (nSPS) is 11.8. The minimum absolute atomic E-state index is 0.0295. The molecule has 7 heteroatoms. The second-order valence-electron chi connectivity index (χ2n) is 8.60. The lowest BCUT2D eigenvalue weighted by atomic mass is 10.0. The van der Waals surface area contributed by atoms with E-state index >= 15 is 0 Å². The van der Waals surface area contributed by atoms with Crippen LogP contribution < -0.4 is 5.32 Å². The number of carbonyl (C=O) groups excluding carboxylic acids is 2. The van der Waals surface area contributed by atoms with Crippen molar-refractivity contribution in [2.75, 3.05) is 5.75 Å². The number of rotatable bonds is 11. The Balaban J connectivity index is 1.85. The van der Waals surface area contributed by atoms with Gasteiger partial charge in [-0.3, -0.25) is 9.59 Å². The van der Waals surface area contributed by atoms with E-state index in [2.05, 4.69) is 21.2 Å². The lowest BCUT2D eigenvalue weighted by Crippen LogP contribution is -2.52. The number of hydrogen-bond acceptors (Lipinski definition) is 3. The van der Waals surface area contributed by atoms with Crippen LogP contribution in [0.25, 0.3) is 0 Å². The van der Waals surface area contributed by atoms with Crippen molar-refractivity contribution in [3.63, 3.8) is 0 Å². The van der Waals surface area contributed by atoms with Gasteiger partial charge in [0, 0.05) is 34.3 Å². The minimum atomic E-state index is -0.632. The van der Waals surface area contributed by atoms with Crippen molar-refractivity contribution in [1.82, 2.24) is 10.2 Å². The quantitative estimate of drug-likeness (QED) is 0.285. The number of carbonyl (C=O) groups is 2. The van der Waals surface area contributed by atoms with Crippen molar-refractivity contribution in [3.05, 3.63) is 105 Å². The molecule has 35 heavy (non-hydrogen) atoms. The summed E-state index contributed by atoms with van der Waals surface area (Å²) in [6.45, 7) is 4.20. The number of thioether (sulfide) groups is 1. The number of nitrogens with one attached hydrogen (secondary N) is 1. The largest absolute Gasteiger partial charge is 0.352 e. The van der Waals surface area contributed by atoms with Crippen molar-refractivity contribution in [1.29, 1.82) is 0 Å². The maximum atomic E-state index is 13.6. The molecule has 0 saturated heterocycles. The van der Waals surface area contributed by atoms with Crippen molar-refractivity contribution < 1.29 is 9.59 Å². The van der Waals surface area contributed by atoms with Gasteiger partial charge in [-0.2, -0.15) is 0 Å². The van der Waals surface area contributed by atoms with Crippen LogP contribution in [0.2, 0.25) is 5.02 Å². The molecular formula is C28H30BrClN2O2S. The van der Waals surface area contributed by atoms with Gasteiger partial charge in [0.2, 0.25) is 11.8 Å². The molecule has 0 heterocycles. The molecule has 0 radical (unpaired) electrons. The molecule has 0 bridgehead atoms. The monoisotopic (exact) mass is 572 g/mol. The Hall–Kier alpha value is -2.28. The molecule has 0 spiro atoms. The maximum absolute atomic E-state index is 13.6. The first-order valence-electron chi connectivity index (χ1n) is 11.5. The molecule has 0 aliphatic carbocycles. The van der Waals surface area contributed by atoms with Gasteiger partial charge in [-0.1, -0.05) is 88.2 Å². The van der Waals surface area contributed by atoms with Crippen LogP contribution in [0, 0.1) is 0 Å². The van der Waals surface area contributed by atoms with Crippen LogP contribution >= 0.6 is 39.3 Å². The summed E-state index contributed by atoms with van der Waals surface area (Å²) in [5.41, 5.74) is 2.95. The molecule has 0 unspecified atom stereocenters. The predicted octanol–water partition coefficient (Wildman–Crippen LogP) is 6.50. The van der Waals surface area contributed by atoms with Crippen LogP contribution in [0.4, 0.5) is 0 Å². The molecule has 0 aliphatic heterocycles. The summed E-state index contributed by atoms with van der Waals surface area (Å²) in [7, 11) is 0. The highest BCUT2D eigenvalue weighted by Gasteiger charge is 2.30. The van der Waals surface area contributed by atoms with E-state index in [1.165, 1.54) is 11.8 Å². The van der Waals surface area contributed by atoms with Crippen LogP contribution in [0.3, 0.4) is 0 Å². The van der Waals surface area contributed by atoms with Crippen LogP contribution in [0.5, 0.6) is 0 Å². The fourth-order valence-electron chi connectivity index (χ4n) is 3.71. The predicted molar refractivity (Wildman–Crippen MR) is 150 cm³/mol. The Morgan fingerprint density at radius 2 is 1.66 bits per heavy atom. The Morgan fingerprint density at radius 1 is 0.971 bits per heavy atom. The van der Waals surface area contributed by atoms with E-state index in [1.54, 1.807) is 4.90 Å². The van der Waals surface area contributed by atoms with Crippen LogP contribution in [0.1, 0.15) is 30.5 Å². The summed E-state index contributed by atoms with van der Waals surface area (Å²) in [4.78, 5) is 28.7. The van der Waals surface area contributed by atoms with Gasteiger partial charge in [0.05, 0.1) is 5.75 Å². The van der Waals surface area contributed by atoms with E-state index in [-0.39, 0.29) is 23.6 Å². The fourth-order valence-corrected chi connectivity index (χ4v) is 5.36. The van der Waals surface area contributed by atoms with Crippen LogP contribution in [0.15, 0.2) is 83.3 Å². The van der Waals surface area contributed by atoms with Gasteiger partial charge >= 0.3 is 0 Å². The molecule has 1 N–H and O–H groups in total. The minimum Gasteiger partial charge on any atom is -0.352 e. The van der Waals surface area contributed by atoms with Crippen molar-refractivity contribution in [2.24, 2.45) is 0 Å². The standard InChI is InChI=1S/C28H30BrClN2O2S/c1-20(2)31-28(34)26(16-21-9-4-3-5-10-21)32(17-22-11-8-13-24(29)15-22)27(33)19-35-18-23-12-6-7-14-25(23)30/h3-15,20,26H,16-19H2,1-2H3,(H,31,34)/t26-/m0/s1. The summed E-state index contributed by atoms with van der Waals surface area (Å²) in [5, 5.41) is 3.71. The molecule has 1 atom stereocenters. The van der Waals surface area contributed by atoms with Gasteiger partial charge in [-0.15, -0.1) is 11.8 Å². The average molecular weight is 574 g/mol. The second-order valence-corrected chi connectivity index (χ2v) is 10.9. The van der Waals surface area contributed by atoms with Crippen LogP contribution in [-0.4, -0.2) is 34.6 Å². The van der Waals surface area contributed by atoms with Crippen molar-refractivity contribution in [2.45, 2.75) is 44.6 Å². The van der Waals surface area contributed by atoms with E-state index in [0.29, 0.717) is 23.7 Å². The SMILES string of the molecule is CC(C)NC(=O)[C@H](Cc1ccccc1)N(Cc1cccc(Br)c1)C(=O)CSCc1ccccc1Cl. The summed E-state index contributed by atoms with van der Waals surface area (Å²) < 4.78 is 0.932. The third kappa shape index (κ3) is 8.71. The molecule has 0 aromatic heterocycles. The highest BCUT2D eigenvalue weighted by molar-refractivity contribution is 9.10. The fraction of sp³-hybridized carbons (Fsp3) is 0.286. The summed E-state index contributed by atoms with van der Waals surface area (Å²) >= 11 is 11.3. The number of hydrogen-bond donors (Lipinski definition) is 1. The van der Waals surface area contributed by atoms with E-state index in [1.807, 2.05) is 92.7 Å². The number of amides is 2. The summed E-state index contributed by atoms with van der Waals surface area (Å²) in [6, 6.07) is 24.7. The van der Waals surface area contributed by atoms with Gasteiger partial charge in [0.15, 0.2) is 0 Å². The third-order valence-electron chi connectivity index (χ3n) is 5.38. The van der Waals surface area contributed by atoms with E-state index in [9.17, 15) is 9.59 Å². The Morgan fingerprint density at radius 3 is 2.34 bits per heavy atom. The van der Waals surface area contributed by atoms with E-state index in [0.717, 1.165) is 21.2 Å². The lowest BCUT2D eigenvalue weighted by Gasteiger charge is -2.32. The molecule has 3 aromatic carbocycles. The topological polar surface area (TPSA) is 49.4 Å². The maximum Gasteiger partial charge on any atom is 0.243 e. The first kappa shape index (κ1) is 27.3. The summed E-state index contributed by atoms with van der Waals surface area (Å²) in [6.07, 6.45) is 0.439. The molecule has 2 amide bonds. The molecule has 0 saturated carbocycles. The third-order valence-corrected chi connectivity index (χ3v) is 7.21. The smallest absolute Gasteiger partial charge is 0.243 e. The zero-order valence-corrected chi connectivity index (χ0v) is 23.1. The van der Waals surface area contributed by atoms with Gasteiger partial charge < -0.3 is 10.2 Å². The molecule has 3 aromatic rings. The van der Waals surface area contributed by atoms with E-state index < -0.39 is 6.04 Å². The van der Waals surface area contributed by atoms with Crippen molar-refractivity contribution in [3.8, 4) is 0 Å². The number of nitrogens with zero attached hydrogens (tertiary/aromatic N) is 1. The molecule has 0 aliphatic rings. The Kier molecular flexibility index (Phi) is 10.7. The van der Waals surface area contributed by atoms with Gasteiger partial charge in [0.25, 0.3) is 0 Å².